The van der Waals surface area contributed by atoms with E-state index in [4.69, 9.17) is 28.2 Å². The number of hydrogen-bond donors (Lipinski definition) is 1. The van der Waals surface area contributed by atoms with E-state index < -0.39 is 0 Å². The van der Waals surface area contributed by atoms with Gasteiger partial charge in [-0.3, -0.25) is 4.98 Å². The predicted molar refractivity (Wildman–Crippen MR) is 112 cm³/mol. The Bertz CT molecular complexity index is 1100. The fourth-order valence-electron chi connectivity index (χ4n) is 2.64. The molecule has 0 bridgehead atoms. The number of fused-ring (bicyclic) bond motifs is 1. The summed E-state index contributed by atoms with van der Waals surface area (Å²) in [7, 11) is 0. The molecular weight excluding hydrogens is 401 g/mol. The van der Waals surface area contributed by atoms with E-state index in [9.17, 15) is 0 Å². The van der Waals surface area contributed by atoms with Crippen LogP contribution in [0.1, 0.15) is 17.4 Å². The van der Waals surface area contributed by atoms with Crippen LogP contribution >= 0.6 is 34.5 Å². The van der Waals surface area contributed by atoms with Gasteiger partial charge in [0.2, 0.25) is 0 Å². The molecule has 27 heavy (non-hydrogen) atoms. The van der Waals surface area contributed by atoms with Gasteiger partial charge in [-0.15, -0.1) is 11.3 Å². The molecule has 0 amide bonds. The van der Waals surface area contributed by atoms with Crippen LogP contribution in [0.4, 0.5) is 5.82 Å². The molecule has 0 fully saturated rings. The third-order valence-corrected chi connectivity index (χ3v) is 5.94. The second-order valence-electron chi connectivity index (χ2n) is 5.87. The monoisotopic (exact) mass is 415 g/mol. The van der Waals surface area contributed by atoms with Gasteiger partial charge in [0.15, 0.2) is 5.82 Å². The molecule has 0 aliphatic rings. The molecule has 0 radical (unpaired) electrons. The molecule has 1 N–H and O–H groups in total. The molecule has 3 aromatic heterocycles. The number of anilines is 1. The zero-order chi connectivity index (χ0) is 18.8. The van der Waals surface area contributed by atoms with Crippen LogP contribution in [0.25, 0.3) is 21.7 Å². The first-order valence-electron chi connectivity index (χ1n) is 8.38. The molecule has 136 valence electrons. The van der Waals surface area contributed by atoms with Crippen molar-refractivity contribution in [2.45, 2.75) is 19.9 Å². The van der Waals surface area contributed by atoms with Crippen molar-refractivity contribution in [3.63, 3.8) is 0 Å². The standard InChI is InChI=1S/C19H15Cl2N5S/c1-2-12-8-13-17(24-9-11-3-4-14(20)15(21)7-11)25-18(26-19(13)27-12)16-10-22-5-6-23-16/h3-8,10H,2,9H2,1H3,(H,24,25,26). The molecule has 8 heteroatoms. The van der Waals surface area contributed by atoms with Gasteiger partial charge in [0.05, 0.1) is 21.6 Å². The van der Waals surface area contributed by atoms with Crippen molar-refractivity contribution in [1.29, 1.82) is 0 Å². The van der Waals surface area contributed by atoms with Crippen LogP contribution in [-0.4, -0.2) is 19.9 Å². The van der Waals surface area contributed by atoms with E-state index >= 15 is 0 Å². The molecular formula is C19H15Cl2N5S. The van der Waals surface area contributed by atoms with Crippen LogP contribution in [0.2, 0.25) is 10.0 Å². The fraction of sp³-hybridized carbons (Fsp3) is 0.158. The van der Waals surface area contributed by atoms with Gasteiger partial charge < -0.3 is 5.32 Å². The van der Waals surface area contributed by atoms with Crippen molar-refractivity contribution in [1.82, 2.24) is 19.9 Å². The lowest BCUT2D eigenvalue weighted by Crippen LogP contribution is -2.04. The fourth-order valence-corrected chi connectivity index (χ4v) is 3.93. The maximum absolute atomic E-state index is 6.12. The molecule has 0 aliphatic carbocycles. The quantitative estimate of drug-likeness (QED) is 0.457. The van der Waals surface area contributed by atoms with E-state index in [0.717, 1.165) is 28.0 Å². The second-order valence-corrected chi connectivity index (χ2v) is 7.80. The third-order valence-electron chi connectivity index (χ3n) is 4.03. The normalized spacial score (nSPS) is 11.1. The Morgan fingerprint density at radius 3 is 2.70 bits per heavy atom. The van der Waals surface area contributed by atoms with Gasteiger partial charge in [0, 0.05) is 23.8 Å². The van der Waals surface area contributed by atoms with E-state index in [0.29, 0.717) is 28.1 Å². The summed E-state index contributed by atoms with van der Waals surface area (Å²) >= 11 is 13.8. The average molecular weight is 416 g/mol. The Labute approximate surface area is 170 Å². The van der Waals surface area contributed by atoms with Crippen LogP contribution in [-0.2, 0) is 13.0 Å². The number of rotatable bonds is 5. The van der Waals surface area contributed by atoms with Gasteiger partial charge in [-0.25, -0.2) is 15.0 Å². The molecule has 0 unspecified atom stereocenters. The smallest absolute Gasteiger partial charge is 0.183 e. The first kappa shape index (κ1) is 18.1. The molecule has 0 aliphatic heterocycles. The Hall–Kier alpha value is -2.28. The van der Waals surface area contributed by atoms with E-state index in [-0.39, 0.29) is 0 Å². The first-order chi connectivity index (χ1) is 13.1. The summed E-state index contributed by atoms with van der Waals surface area (Å²) in [5.41, 5.74) is 1.66. The Balaban J connectivity index is 1.73. The lowest BCUT2D eigenvalue weighted by molar-refractivity contribution is 1.09. The number of benzene rings is 1. The zero-order valence-corrected chi connectivity index (χ0v) is 16.7. The van der Waals surface area contributed by atoms with Crippen LogP contribution in [0.5, 0.6) is 0 Å². The Morgan fingerprint density at radius 1 is 1.07 bits per heavy atom. The average Bonchev–Trinajstić information content (AvgIpc) is 3.12. The predicted octanol–water partition coefficient (Wildman–Crippen LogP) is 5.63. The highest BCUT2D eigenvalue weighted by molar-refractivity contribution is 7.18. The first-order valence-corrected chi connectivity index (χ1v) is 9.96. The lowest BCUT2D eigenvalue weighted by Gasteiger charge is -2.09. The molecule has 5 nitrogen and oxygen atoms in total. The number of aryl methyl sites for hydroxylation is 1. The third kappa shape index (κ3) is 3.88. The van der Waals surface area contributed by atoms with Crippen molar-refractivity contribution in [2.75, 3.05) is 5.32 Å². The number of thiophene rings is 1. The highest BCUT2D eigenvalue weighted by atomic mass is 35.5. The van der Waals surface area contributed by atoms with Crippen LogP contribution in [0.15, 0.2) is 42.9 Å². The summed E-state index contributed by atoms with van der Waals surface area (Å²) in [6, 6.07) is 7.72. The van der Waals surface area contributed by atoms with Crippen molar-refractivity contribution in [2.24, 2.45) is 0 Å². The van der Waals surface area contributed by atoms with Gasteiger partial charge in [-0.05, 0) is 30.2 Å². The number of hydrogen-bond acceptors (Lipinski definition) is 6. The van der Waals surface area contributed by atoms with Crippen molar-refractivity contribution >= 4 is 50.6 Å². The molecule has 0 atom stereocenters. The summed E-state index contributed by atoms with van der Waals surface area (Å²) in [5.74, 6) is 1.32. The van der Waals surface area contributed by atoms with Gasteiger partial charge in [0.25, 0.3) is 0 Å². The Kier molecular flexibility index (Phi) is 5.20. The van der Waals surface area contributed by atoms with Crippen LogP contribution < -0.4 is 5.32 Å². The number of nitrogens with one attached hydrogen (secondary N) is 1. The maximum Gasteiger partial charge on any atom is 0.183 e. The van der Waals surface area contributed by atoms with Crippen molar-refractivity contribution in [3.05, 3.63) is 63.3 Å². The highest BCUT2D eigenvalue weighted by Gasteiger charge is 2.13. The topological polar surface area (TPSA) is 63.6 Å². The maximum atomic E-state index is 6.12. The second kappa shape index (κ2) is 7.76. The molecule has 0 saturated heterocycles. The Morgan fingerprint density at radius 2 is 1.96 bits per heavy atom. The lowest BCUT2D eigenvalue weighted by atomic mass is 10.2. The molecule has 0 spiro atoms. The minimum absolute atomic E-state index is 0.535. The van der Waals surface area contributed by atoms with Crippen LogP contribution in [0, 0.1) is 0 Å². The summed E-state index contributed by atoms with van der Waals surface area (Å²) in [6.07, 6.45) is 5.88. The zero-order valence-electron chi connectivity index (χ0n) is 14.4. The number of nitrogens with zero attached hydrogens (tertiary/aromatic N) is 4. The molecule has 0 saturated carbocycles. The molecule has 4 rings (SSSR count). The summed E-state index contributed by atoms with van der Waals surface area (Å²) in [5, 5.41) is 5.48. The van der Waals surface area contributed by atoms with E-state index in [1.54, 1.807) is 36.0 Å². The van der Waals surface area contributed by atoms with Crippen molar-refractivity contribution in [3.8, 4) is 11.5 Å². The van der Waals surface area contributed by atoms with Gasteiger partial charge in [0.1, 0.15) is 16.3 Å². The van der Waals surface area contributed by atoms with Gasteiger partial charge >= 0.3 is 0 Å². The summed E-state index contributed by atoms with van der Waals surface area (Å²) in [4.78, 5) is 20.0. The van der Waals surface area contributed by atoms with E-state index in [1.807, 2.05) is 12.1 Å². The largest absolute Gasteiger partial charge is 0.365 e. The minimum Gasteiger partial charge on any atom is -0.365 e. The van der Waals surface area contributed by atoms with Gasteiger partial charge in [-0.1, -0.05) is 36.2 Å². The van der Waals surface area contributed by atoms with Gasteiger partial charge in [-0.2, -0.15) is 0 Å². The number of halogens is 2. The summed E-state index contributed by atoms with van der Waals surface area (Å²) in [6.45, 7) is 2.70. The summed E-state index contributed by atoms with van der Waals surface area (Å²) < 4.78 is 0. The molecule has 1 aromatic carbocycles. The molecule has 4 aromatic rings. The minimum atomic E-state index is 0.535. The number of aromatic nitrogens is 4. The SMILES string of the molecule is CCc1cc2c(NCc3ccc(Cl)c(Cl)c3)nc(-c3cnccn3)nc2s1. The van der Waals surface area contributed by atoms with E-state index in [2.05, 4.69) is 33.3 Å². The van der Waals surface area contributed by atoms with E-state index in [1.165, 1.54) is 4.88 Å². The highest BCUT2D eigenvalue weighted by Crippen LogP contribution is 2.31. The van der Waals surface area contributed by atoms with Crippen molar-refractivity contribution < 1.29 is 0 Å². The molecule has 3 heterocycles. The van der Waals surface area contributed by atoms with Crippen LogP contribution in [0.3, 0.4) is 0 Å².